The first kappa shape index (κ1) is 32.5. The smallest absolute Gasteiger partial charge is 0.0724 e. The van der Waals surface area contributed by atoms with E-state index in [9.17, 15) is 0 Å². The number of aromatic nitrogens is 6. The third kappa shape index (κ3) is 5.60. The molecule has 11 rings (SSSR count). The van der Waals surface area contributed by atoms with E-state index in [4.69, 9.17) is 0 Å². The Hall–Kier alpha value is -7.92. The van der Waals surface area contributed by atoms with Crippen molar-refractivity contribution < 1.29 is 0 Å². The van der Waals surface area contributed by atoms with Crippen molar-refractivity contribution in [2.45, 2.75) is 0 Å². The molecule has 0 saturated carbocycles. The first-order valence-corrected chi connectivity index (χ1v) is 18.9. The van der Waals surface area contributed by atoms with Crippen LogP contribution in [0.4, 0.5) is 0 Å². The van der Waals surface area contributed by atoms with Gasteiger partial charge in [0, 0.05) is 86.8 Å². The van der Waals surface area contributed by atoms with Crippen LogP contribution in [0.3, 0.4) is 0 Å². The van der Waals surface area contributed by atoms with Crippen LogP contribution in [-0.2, 0) is 0 Å². The second kappa shape index (κ2) is 13.4. The number of hydrogen-bond acceptors (Lipinski definition) is 4. The molecule has 0 atom stereocenters. The van der Waals surface area contributed by atoms with Crippen molar-refractivity contribution in [1.82, 2.24) is 29.1 Å². The lowest BCUT2D eigenvalue weighted by Crippen LogP contribution is -1.99. The van der Waals surface area contributed by atoms with E-state index in [2.05, 4.69) is 156 Å². The zero-order valence-corrected chi connectivity index (χ0v) is 30.7. The Morgan fingerprint density at radius 3 is 1.63 bits per heavy atom. The summed E-state index contributed by atoms with van der Waals surface area (Å²) < 4.78 is 4.65. The Morgan fingerprint density at radius 2 is 0.965 bits per heavy atom. The van der Waals surface area contributed by atoms with Gasteiger partial charge in [0.1, 0.15) is 0 Å². The maximum absolute atomic E-state index is 4.59. The minimum Gasteiger partial charge on any atom is -0.308 e. The first-order valence-electron chi connectivity index (χ1n) is 18.9. The summed E-state index contributed by atoms with van der Waals surface area (Å²) in [6, 6.07) is 43.3. The van der Waals surface area contributed by atoms with E-state index in [0.29, 0.717) is 0 Å². The van der Waals surface area contributed by atoms with Gasteiger partial charge < -0.3 is 9.13 Å². The number of allylic oxidation sites excluding steroid dienone is 5. The van der Waals surface area contributed by atoms with Crippen LogP contribution in [0.5, 0.6) is 0 Å². The highest BCUT2D eigenvalue weighted by Crippen LogP contribution is 2.38. The molecule has 0 bridgehead atoms. The largest absolute Gasteiger partial charge is 0.308 e. The molecule has 6 heteroatoms. The first-order chi connectivity index (χ1) is 28.3. The van der Waals surface area contributed by atoms with Gasteiger partial charge in [-0.1, -0.05) is 60.7 Å². The minimum absolute atomic E-state index is 0.998. The quantitative estimate of drug-likeness (QED) is 0.160. The number of hydrogen-bond donors (Lipinski definition) is 0. The lowest BCUT2D eigenvalue weighted by atomic mass is 9.99. The van der Waals surface area contributed by atoms with Crippen LogP contribution in [-0.4, -0.2) is 29.1 Å². The molecule has 6 heterocycles. The van der Waals surface area contributed by atoms with E-state index >= 15 is 0 Å². The van der Waals surface area contributed by atoms with Crippen LogP contribution in [0.25, 0.3) is 88.4 Å². The third-order valence-corrected chi connectivity index (χ3v) is 10.9. The van der Waals surface area contributed by atoms with E-state index in [1.165, 1.54) is 5.39 Å². The average Bonchev–Trinajstić information content (AvgIpc) is 3.67. The molecule has 6 aromatic heterocycles. The zero-order valence-electron chi connectivity index (χ0n) is 30.7. The number of rotatable bonds is 6. The van der Waals surface area contributed by atoms with E-state index in [1.54, 1.807) is 6.20 Å². The minimum atomic E-state index is 0.998. The van der Waals surface area contributed by atoms with Crippen molar-refractivity contribution in [2.75, 3.05) is 0 Å². The van der Waals surface area contributed by atoms with Crippen molar-refractivity contribution in [3.8, 4) is 33.6 Å². The monoisotopic (exact) mass is 728 g/mol. The highest BCUT2D eigenvalue weighted by molar-refractivity contribution is 6.11. The fourth-order valence-corrected chi connectivity index (χ4v) is 8.24. The van der Waals surface area contributed by atoms with Crippen molar-refractivity contribution in [1.29, 1.82) is 0 Å². The summed E-state index contributed by atoms with van der Waals surface area (Å²) in [5.74, 6) is 0. The zero-order chi connectivity index (χ0) is 37.7. The summed E-state index contributed by atoms with van der Waals surface area (Å²) in [5, 5.41) is 4.64. The van der Waals surface area contributed by atoms with Gasteiger partial charge in [-0.15, -0.1) is 5.73 Å². The van der Waals surface area contributed by atoms with Crippen molar-refractivity contribution in [2.24, 2.45) is 0 Å². The molecule has 4 aromatic carbocycles. The van der Waals surface area contributed by atoms with E-state index in [0.717, 1.165) is 94.1 Å². The van der Waals surface area contributed by atoms with Gasteiger partial charge in [0.15, 0.2) is 0 Å². The van der Waals surface area contributed by atoms with Crippen LogP contribution < -0.4 is 0 Å². The molecule has 10 aromatic rings. The summed E-state index contributed by atoms with van der Waals surface area (Å²) in [5.41, 5.74) is 18.7. The maximum atomic E-state index is 4.59. The Bertz CT molecular complexity index is 3320. The summed E-state index contributed by atoms with van der Waals surface area (Å²) in [4.78, 5) is 17.8. The van der Waals surface area contributed by atoms with Crippen LogP contribution >= 0.6 is 0 Å². The van der Waals surface area contributed by atoms with Gasteiger partial charge in [-0.3, -0.25) is 19.9 Å². The second-order valence-electron chi connectivity index (χ2n) is 14.2. The van der Waals surface area contributed by atoms with E-state index < -0.39 is 0 Å². The molecule has 6 nitrogen and oxygen atoms in total. The SMILES string of the molecule is C1=CC=CC(c2ccc3c(c2)c2ccncc2n3-c2cccc(-n3c4ccc(-c5cccc(-c6cccnc6)c5)cc4c4ccncc43)c2)=CC=1c1cccnc1. The van der Waals surface area contributed by atoms with Crippen LogP contribution in [0.2, 0.25) is 0 Å². The van der Waals surface area contributed by atoms with Crippen LogP contribution in [0.15, 0.2) is 201 Å². The molecule has 0 amide bonds. The second-order valence-corrected chi connectivity index (χ2v) is 14.2. The maximum Gasteiger partial charge on any atom is 0.0724 e. The molecule has 0 fully saturated rings. The molecule has 0 saturated heterocycles. The van der Waals surface area contributed by atoms with Crippen molar-refractivity contribution in [3.05, 3.63) is 212 Å². The molecule has 57 heavy (non-hydrogen) atoms. The molecule has 0 radical (unpaired) electrons. The summed E-state index contributed by atoms with van der Waals surface area (Å²) >= 11 is 0. The predicted molar refractivity (Wildman–Crippen MR) is 232 cm³/mol. The lowest BCUT2D eigenvalue weighted by Gasteiger charge is -2.13. The Balaban J connectivity index is 1.03. The topological polar surface area (TPSA) is 61.4 Å². The van der Waals surface area contributed by atoms with Gasteiger partial charge >= 0.3 is 0 Å². The number of pyridine rings is 4. The standard InChI is InChI=1S/C51H32N6/c1-2-8-36(40-11-5-21-52-30-40)25-34(7-1)38-15-17-48-46(27-38)44-19-23-54-32-50(44)56(48)42-13-4-14-43(29-42)57-49-18-16-39(28-47(49)45-20-24-55-33-51(45)57)35-9-3-10-37(26-35)41-12-6-22-53-31-41/h1-7,9-33H. The Labute approximate surface area is 328 Å². The number of benzene rings is 4. The van der Waals surface area contributed by atoms with E-state index in [1.807, 2.05) is 67.7 Å². The van der Waals surface area contributed by atoms with Crippen LogP contribution in [0, 0.1) is 0 Å². The van der Waals surface area contributed by atoms with Crippen molar-refractivity contribution >= 4 is 54.8 Å². The molecule has 1 aliphatic rings. The van der Waals surface area contributed by atoms with Gasteiger partial charge in [0.25, 0.3) is 0 Å². The van der Waals surface area contributed by atoms with Gasteiger partial charge in [-0.2, -0.15) is 0 Å². The van der Waals surface area contributed by atoms with E-state index in [-0.39, 0.29) is 0 Å². The summed E-state index contributed by atoms with van der Waals surface area (Å²) in [6.45, 7) is 0. The van der Waals surface area contributed by atoms with Crippen molar-refractivity contribution in [3.63, 3.8) is 0 Å². The number of nitrogens with zero attached hydrogens (tertiary/aromatic N) is 6. The van der Waals surface area contributed by atoms with Gasteiger partial charge in [0.2, 0.25) is 0 Å². The third-order valence-electron chi connectivity index (χ3n) is 10.9. The molecule has 0 N–H and O–H groups in total. The molecular formula is C51H32N6. The lowest BCUT2D eigenvalue weighted by molar-refractivity contribution is 1.12. The normalized spacial score (nSPS) is 12.7. The summed E-state index contributed by atoms with van der Waals surface area (Å²) in [6.07, 6.45) is 23.4. The fraction of sp³-hybridized carbons (Fsp3) is 0. The highest BCUT2D eigenvalue weighted by atomic mass is 15.0. The summed E-state index contributed by atoms with van der Waals surface area (Å²) in [7, 11) is 0. The highest BCUT2D eigenvalue weighted by Gasteiger charge is 2.18. The fourth-order valence-electron chi connectivity index (χ4n) is 8.24. The average molecular weight is 729 g/mol. The number of fused-ring (bicyclic) bond motifs is 6. The van der Waals surface area contributed by atoms with Gasteiger partial charge in [-0.05, 0) is 113 Å². The predicted octanol–water partition coefficient (Wildman–Crippen LogP) is 12.0. The molecular weight excluding hydrogens is 697 g/mol. The van der Waals surface area contributed by atoms with Gasteiger partial charge in [-0.25, -0.2) is 0 Å². The Morgan fingerprint density at radius 1 is 0.404 bits per heavy atom. The van der Waals surface area contributed by atoms with Gasteiger partial charge in [0.05, 0.1) is 34.5 Å². The van der Waals surface area contributed by atoms with Crippen LogP contribution in [0.1, 0.15) is 11.1 Å². The molecule has 1 aliphatic carbocycles. The molecule has 0 spiro atoms. The molecule has 0 unspecified atom stereocenters. The molecule has 0 aliphatic heterocycles. The molecule has 266 valence electrons. The Kier molecular flexibility index (Phi) is 7.66.